The highest BCUT2D eigenvalue weighted by Gasteiger charge is 2.44. The molecule has 1 amide bonds. The number of anilines is 2. The van der Waals surface area contributed by atoms with Crippen LogP contribution in [0.15, 0.2) is 61.1 Å². The third kappa shape index (κ3) is 3.61. The van der Waals surface area contributed by atoms with E-state index in [1.807, 2.05) is 44.2 Å². The van der Waals surface area contributed by atoms with Crippen molar-refractivity contribution in [3.05, 3.63) is 66.7 Å². The first-order valence-electron chi connectivity index (χ1n) is 9.58. The van der Waals surface area contributed by atoms with Gasteiger partial charge in [0.2, 0.25) is 5.91 Å². The second kappa shape index (κ2) is 7.47. The molecule has 1 fully saturated rings. The number of pyridine rings is 3. The molecule has 1 saturated carbocycles. The number of nitrogens with zero attached hydrogens (tertiary/aromatic N) is 3. The van der Waals surface area contributed by atoms with E-state index in [2.05, 4.69) is 26.8 Å². The van der Waals surface area contributed by atoms with Gasteiger partial charge in [-0.15, -0.1) is 0 Å². The molecular formula is C23H23N5O. The summed E-state index contributed by atoms with van der Waals surface area (Å²) in [5.74, 6) is 1.10. The van der Waals surface area contributed by atoms with E-state index < -0.39 is 0 Å². The SMILES string of the molecule is C=C/C(=C\C)[C@H]1CC1C(=O)Nc1cc2cc(-c3cnccc3C)nc(N)c2cn1. The van der Waals surface area contributed by atoms with E-state index in [0.717, 1.165) is 39.6 Å². The van der Waals surface area contributed by atoms with Crippen molar-refractivity contribution in [3.63, 3.8) is 0 Å². The highest BCUT2D eigenvalue weighted by Crippen LogP contribution is 2.45. The molecule has 4 rings (SSSR count). The smallest absolute Gasteiger partial charge is 0.229 e. The van der Waals surface area contributed by atoms with Crippen LogP contribution in [-0.2, 0) is 4.79 Å². The maximum Gasteiger partial charge on any atom is 0.229 e. The third-order valence-electron chi connectivity index (χ3n) is 5.44. The molecule has 146 valence electrons. The third-order valence-corrected chi connectivity index (χ3v) is 5.44. The summed E-state index contributed by atoms with van der Waals surface area (Å²) < 4.78 is 0. The predicted molar refractivity (Wildman–Crippen MR) is 116 cm³/mol. The monoisotopic (exact) mass is 385 g/mol. The highest BCUT2D eigenvalue weighted by molar-refractivity contribution is 5.98. The number of nitrogen functional groups attached to an aromatic ring is 1. The number of carbonyl (C=O) groups is 1. The lowest BCUT2D eigenvalue weighted by molar-refractivity contribution is -0.117. The van der Waals surface area contributed by atoms with E-state index >= 15 is 0 Å². The number of fused-ring (bicyclic) bond motifs is 1. The van der Waals surface area contributed by atoms with Gasteiger partial charge in [0.1, 0.15) is 11.6 Å². The minimum atomic E-state index is -0.0344. The zero-order valence-corrected chi connectivity index (χ0v) is 16.5. The summed E-state index contributed by atoms with van der Waals surface area (Å²) in [6.45, 7) is 7.79. The Hall–Kier alpha value is -3.54. The average molecular weight is 385 g/mol. The van der Waals surface area contributed by atoms with E-state index in [0.29, 0.717) is 11.6 Å². The number of rotatable bonds is 5. The minimum Gasteiger partial charge on any atom is -0.383 e. The molecule has 0 saturated heterocycles. The minimum absolute atomic E-state index is 0.0200. The van der Waals surface area contributed by atoms with Gasteiger partial charge in [-0.2, -0.15) is 0 Å². The number of aryl methyl sites for hydroxylation is 1. The molecule has 0 aliphatic heterocycles. The van der Waals surface area contributed by atoms with Crippen molar-refractivity contribution >= 4 is 28.3 Å². The summed E-state index contributed by atoms with van der Waals surface area (Å²) in [6.07, 6.45) is 9.85. The molecule has 1 unspecified atom stereocenters. The van der Waals surface area contributed by atoms with Gasteiger partial charge in [0.05, 0.1) is 5.69 Å². The molecule has 6 nitrogen and oxygen atoms in total. The first-order valence-corrected chi connectivity index (χ1v) is 9.58. The summed E-state index contributed by atoms with van der Waals surface area (Å²) in [4.78, 5) is 25.6. The van der Waals surface area contributed by atoms with Crippen LogP contribution in [0.1, 0.15) is 18.9 Å². The first kappa shape index (κ1) is 18.8. The quantitative estimate of drug-likeness (QED) is 0.639. The van der Waals surface area contributed by atoms with Crippen molar-refractivity contribution in [2.24, 2.45) is 11.8 Å². The number of allylic oxidation sites excluding steroid dienone is 3. The van der Waals surface area contributed by atoms with Crippen LogP contribution in [0.2, 0.25) is 0 Å². The fourth-order valence-corrected chi connectivity index (χ4v) is 3.67. The zero-order valence-electron chi connectivity index (χ0n) is 16.5. The van der Waals surface area contributed by atoms with Crippen LogP contribution >= 0.6 is 0 Å². The Morgan fingerprint density at radius 2 is 2.14 bits per heavy atom. The van der Waals surface area contributed by atoms with Crippen LogP contribution in [-0.4, -0.2) is 20.9 Å². The normalized spacial score (nSPS) is 18.5. The standard InChI is InChI=1S/C23H23N5O/c1-4-14(5-2)16-10-17(16)23(29)28-21-9-15-8-20(18-11-25-7-6-13(18)3)27-22(24)19(15)12-26-21/h4-9,11-12,16-17H,1,10H2,2-3H3,(H2,24,27)(H,26,28,29)/b14-5+/t16-,17?/m1/s1. The number of nitrogens with two attached hydrogens (primary N) is 1. The van der Waals surface area contributed by atoms with Crippen molar-refractivity contribution < 1.29 is 4.79 Å². The molecule has 29 heavy (non-hydrogen) atoms. The molecule has 0 spiro atoms. The Balaban J connectivity index is 1.61. The zero-order chi connectivity index (χ0) is 20.5. The van der Waals surface area contributed by atoms with Crippen molar-refractivity contribution in [1.29, 1.82) is 0 Å². The van der Waals surface area contributed by atoms with Crippen molar-refractivity contribution in [2.45, 2.75) is 20.3 Å². The Labute approximate surface area is 169 Å². The first-order chi connectivity index (χ1) is 14.0. The lowest BCUT2D eigenvalue weighted by Crippen LogP contribution is -2.16. The van der Waals surface area contributed by atoms with Gasteiger partial charge in [0.25, 0.3) is 0 Å². The Morgan fingerprint density at radius 1 is 1.31 bits per heavy atom. The number of hydrogen-bond acceptors (Lipinski definition) is 5. The molecule has 2 atom stereocenters. The molecule has 3 N–H and O–H groups in total. The van der Waals surface area contributed by atoms with E-state index in [4.69, 9.17) is 5.73 Å². The van der Waals surface area contributed by atoms with Gasteiger partial charge in [-0.05, 0) is 60.9 Å². The predicted octanol–water partition coefficient (Wildman–Crippen LogP) is 4.29. The number of carbonyl (C=O) groups excluding carboxylic acids is 1. The van der Waals surface area contributed by atoms with E-state index in [1.54, 1.807) is 18.6 Å². The topological polar surface area (TPSA) is 93.8 Å². The van der Waals surface area contributed by atoms with Gasteiger partial charge in [-0.3, -0.25) is 9.78 Å². The highest BCUT2D eigenvalue weighted by atomic mass is 16.2. The van der Waals surface area contributed by atoms with Crippen LogP contribution in [0.3, 0.4) is 0 Å². The average Bonchev–Trinajstić information content (AvgIpc) is 3.50. The number of amides is 1. The van der Waals surface area contributed by atoms with Crippen molar-refractivity contribution in [3.8, 4) is 11.3 Å². The van der Waals surface area contributed by atoms with Crippen LogP contribution in [0.4, 0.5) is 11.6 Å². The summed E-state index contributed by atoms with van der Waals surface area (Å²) in [7, 11) is 0. The molecule has 3 heterocycles. The Kier molecular flexibility index (Phi) is 4.84. The van der Waals surface area contributed by atoms with Crippen LogP contribution < -0.4 is 11.1 Å². The van der Waals surface area contributed by atoms with E-state index in [9.17, 15) is 4.79 Å². The fraction of sp³-hybridized carbons (Fsp3) is 0.217. The Bertz CT molecular complexity index is 1150. The molecule has 0 aromatic carbocycles. The molecule has 0 bridgehead atoms. The van der Waals surface area contributed by atoms with Crippen molar-refractivity contribution in [1.82, 2.24) is 15.0 Å². The summed E-state index contributed by atoms with van der Waals surface area (Å²) >= 11 is 0. The van der Waals surface area contributed by atoms with Crippen LogP contribution in [0.5, 0.6) is 0 Å². The van der Waals surface area contributed by atoms with Gasteiger partial charge < -0.3 is 11.1 Å². The molecular weight excluding hydrogens is 362 g/mol. The van der Waals surface area contributed by atoms with E-state index in [-0.39, 0.29) is 17.7 Å². The van der Waals surface area contributed by atoms with Gasteiger partial charge in [-0.1, -0.05) is 18.7 Å². The summed E-state index contributed by atoms with van der Waals surface area (Å²) in [5, 5.41) is 4.55. The molecule has 0 radical (unpaired) electrons. The lowest BCUT2D eigenvalue weighted by Gasteiger charge is -2.10. The second-order valence-corrected chi connectivity index (χ2v) is 7.30. The second-order valence-electron chi connectivity index (χ2n) is 7.30. The number of nitrogens with one attached hydrogen (secondary N) is 1. The number of hydrogen-bond donors (Lipinski definition) is 2. The number of aromatic nitrogens is 3. The van der Waals surface area contributed by atoms with Crippen LogP contribution in [0, 0.1) is 18.8 Å². The lowest BCUT2D eigenvalue weighted by atomic mass is 10.1. The van der Waals surface area contributed by atoms with E-state index in [1.165, 1.54) is 0 Å². The fourth-order valence-electron chi connectivity index (χ4n) is 3.67. The maximum atomic E-state index is 12.6. The van der Waals surface area contributed by atoms with Crippen molar-refractivity contribution in [2.75, 3.05) is 11.1 Å². The van der Waals surface area contributed by atoms with Crippen LogP contribution in [0.25, 0.3) is 22.0 Å². The molecule has 3 aromatic heterocycles. The van der Waals surface area contributed by atoms with Gasteiger partial charge >= 0.3 is 0 Å². The summed E-state index contributed by atoms with van der Waals surface area (Å²) in [6, 6.07) is 5.72. The van der Waals surface area contributed by atoms with Gasteiger partial charge in [-0.25, -0.2) is 9.97 Å². The Morgan fingerprint density at radius 3 is 2.86 bits per heavy atom. The molecule has 3 aromatic rings. The van der Waals surface area contributed by atoms with Gasteiger partial charge in [0.15, 0.2) is 0 Å². The molecule has 1 aliphatic rings. The molecule has 6 heteroatoms. The van der Waals surface area contributed by atoms with Gasteiger partial charge in [0, 0.05) is 35.5 Å². The maximum absolute atomic E-state index is 12.6. The summed E-state index contributed by atoms with van der Waals surface area (Å²) in [5.41, 5.74) is 10.0. The largest absolute Gasteiger partial charge is 0.383 e. The molecule has 1 aliphatic carbocycles.